The molecule has 3 aromatic heterocycles. The maximum atomic E-state index is 11.7. The van der Waals surface area contributed by atoms with Gasteiger partial charge in [0.2, 0.25) is 5.50 Å². The van der Waals surface area contributed by atoms with Gasteiger partial charge < -0.3 is 24.5 Å². The maximum absolute atomic E-state index is 11.7. The fourth-order valence-corrected chi connectivity index (χ4v) is 3.17. The molecule has 0 aliphatic carbocycles. The number of hydrogen-bond donors (Lipinski definition) is 3. The van der Waals surface area contributed by atoms with Gasteiger partial charge >= 0.3 is 7.60 Å². The van der Waals surface area contributed by atoms with Crippen molar-refractivity contribution in [2.24, 2.45) is 5.41 Å². The summed E-state index contributed by atoms with van der Waals surface area (Å²) in [6, 6.07) is 1.47. The average Bonchev–Trinajstić information content (AvgIpc) is 3.02. The van der Waals surface area contributed by atoms with Gasteiger partial charge in [0.25, 0.3) is 0 Å². The average molecular weight is 351 g/mol. The molecule has 0 aliphatic heterocycles. The van der Waals surface area contributed by atoms with E-state index in [2.05, 4.69) is 15.0 Å². The highest BCUT2D eigenvalue weighted by atomic mass is 31.2. The lowest BCUT2D eigenvalue weighted by Gasteiger charge is -2.20. The van der Waals surface area contributed by atoms with Gasteiger partial charge in [-0.2, -0.15) is 0 Å². The second kappa shape index (κ2) is 5.41. The van der Waals surface area contributed by atoms with Crippen molar-refractivity contribution in [2.75, 3.05) is 5.73 Å². The predicted octanol–water partition coefficient (Wildman–Crippen LogP) is 1.52. The summed E-state index contributed by atoms with van der Waals surface area (Å²) in [6.45, 7) is 6.62. The van der Waals surface area contributed by atoms with Crippen molar-refractivity contribution in [3.8, 4) is 11.4 Å². The van der Waals surface area contributed by atoms with Crippen LogP contribution in [0.5, 0.6) is 0 Å². The van der Waals surface area contributed by atoms with Crippen LogP contribution < -0.4 is 11.2 Å². The highest BCUT2D eigenvalue weighted by Gasteiger charge is 2.30. The van der Waals surface area contributed by atoms with E-state index >= 15 is 0 Å². The molecule has 9 nitrogen and oxygen atoms in total. The summed E-state index contributed by atoms with van der Waals surface area (Å²) in [6.07, 6.45) is 2.56. The number of nitrogens with two attached hydrogens (primary N) is 1. The SMILES string of the molecule is CC(C)(C)Cn1c(-c2ccoc2P(=O)(O)O)nc2c(N)ncnc21. The third-order valence-electron chi connectivity index (χ3n) is 3.34. The Morgan fingerprint density at radius 2 is 2.04 bits per heavy atom. The molecule has 0 saturated heterocycles. The number of fused-ring (bicyclic) bond motifs is 1. The molecule has 0 spiro atoms. The molecule has 10 heteroatoms. The summed E-state index contributed by atoms with van der Waals surface area (Å²) < 4.78 is 18.5. The largest absolute Gasteiger partial charge is 0.456 e. The highest BCUT2D eigenvalue weighted by molar-refractivity contribution is 7.60. The number of furan rings is 1. The molecule has 24 heavy (non-hydrogen) atoms. The number of imidazole rings is 1. The molecule has 0 atom stereocenters. The first kappa shape index (κ1) is 16.6. The molecule has 0 aromatic carbocycles. The minimum Gasteiger partial charge on any atom is -0.456 e. The molecule has 0 amide bonds. The number of nitrogen functional groups attached to an aromatic ring is 1. The molecule has 3 rings (SSSR count). The number of aromatic nitrogens is 4. The van der Waals surface area contributed by atoms with Gasteiger partial charge in [0.1, 0.15) is 12.2 Å². The van der Waals surface area contributed by atoms with Gasteiger partial charge in [-0.1, -0.05) is 20.8 Å². The monoisotopic (exact) mass is 351 g/mol. The summed E-state index contributed by atoms with van der Waals surface area (Å²) in [5.41, 5.74) is 6.42. The Morgan fingerprint density at radius 1 is 1.33 bits per heavy atom. The van der Waals surface area contributed by atoms with Crippen molar-refractivity contribution in [2.45, 2.75) is 27.3 Å². The second-order valence-electron chi connectivity index (χ2n) is 6.70. The van der Waals surface area contributed by atoms with Crippen molar-refractivity contribution in [1.29, 1.82) is 0 Å². The Morgan fingerprint density at radius 3 is 2.67 bits per heavy atom. The van der Waals surface area contributed by atoms with E-state index in [0.29, 0.717) is 23.5 Å². The molecule has 0 fully saturated rings. The molecule has 3 heterocycles. The van der Waals surface area contributed by atoms with Crippen LogP contribution in [0.25, 0.3) is 22.6 Å². The Hall–Kier alpha value is -2.22. The van der Waals surface area contributed by atoms with Crippen LogP contribution in [0.3, 0.4) is 0 Å². The Labute approximate surface area is 137 Å². The number of anilines is 1. The fraction of sp³-hybridized carbons (Fsp3) is 0.357. The van der Waals surface area contributed by atoms with Gasteiger partial charge in [-0.15, -0.1) is 0 Å². The highest BCUT2D eigenvalue weighted by Crippen LogP contribution is 2.39. The first-order valence-corrected chi connectivity index (χ1v) is 8.80. The lowest BCUT2D eigenvalue weighted by molar-refractivity contribution is 0.349. The van der Waals surface area contributed by atoms with Crippen LogP contribution in [-0.4, -0.2) is 29.3 Å². The van der Waals surface area contributed by atoms with Crippen molar-refractivity contribution < 1.29 is 18.8 Å². The van der Waals surface area contributed by atoms with E-state index in [-0.39, 0.29) is 16.8 Å². The van der Waals surface area contributed by atoms with E-state index in [9.17, 15) is 14.4 Å². The molecule has 0 bridgehead atoms. The van der Waals surface area contributed by atoms with Gasteiger partial charge in [0.15, 0.2) is 17.0 Å². The van der Waals surface area contributed by atoms with Crippen LogP contribution in [0.4, 0.5) is 5.82 Å². The fourth-order valence-electron chi connectivity index (χ4n) is 2.48. The zero-order valence-corrected chi connectivity index (χ0v) is 14.4. The van der Waals surface area contributed by atoms with Crippen LogP contribution >= 0.6 is 7.60 Å². The molecule has 128 valence electrons. The Balaban J connectivity index is 2.32. The summed E-state index contributed by atoms with van der Waals surface area (Å²) in [4.78, 5) is 31.6. The summed E-state index contributed by atoms with van der Waals surface area (Å²) >= 11 is 0. The first-order chi connectivity index (χ1) is 11.1. The van der Waals surface area contributed by atoms with Gasteiger partial charge in [-0.3, -0.25) is 4.57 Å². The van der Waals surface area contributed by atoms with Crippen LogP contribution in [0, 0.1) is 5.41 Å². The van der Waals surface area contributed by atoms with Crippen molar-refractivity contribution >= 4 is 30.1 Å². The van der Waals surface area contributed by atoms with Gasteiger partial charge in [-0.25, -0.2) is 15.0 Å². The first-order valence-electron chi connectivity index (χ1n) is 7.18. The zero-order valence-electron chi connectivity index (χ0n) is 13.5. The lowest BCUT2D eigenvalue weighted by Crippen LogP contribution is -2.18. The van der Waals surface area contributed by atoms with Crippen LogP contribution in [0.15, 0.2) is 23.1 Å². The zero-order chi connectivity index (χ0) is 17.7. The lowest BCUT2D eigenvalue weighted by atomic mass is 9.97. The number of rotatable bonds is 3. The summed E-state index contributed by atoms with van der Waals surface area (Å²) in [5, 5.41) is 0. The smallest absolute Gasteiger partial charge is 0.391 e. The normalized spacial score (nSPS) is 12.9. The summed E-state index contributed by atoms with van der Waals surface area (Å²) in [5.74, 6) is 0.536. The van der Waals surface area contributed by atoms with E-state index in [1.807, 2.05) is 20.8 Å². The third kappa shape index (κ3) is 2.93. The van der Waals surface area contributed by atoms with E-state index in [1.54, 1.807) is 4.57 Å². The van der Waals surface area contributed by atoms with Crippen molar-refractivity contribution in [1.82, 2.24) is 19.5 Å². The Kier molecular flexibility index (Phi) is 3.75. The van der Waals surface area contributed by atoms with E-state index in [0.717, 1.165) is 0 Å². The molecular formula is C14H18N5O4P. The molecule has 0 unspecified atom stereocenters. The Bertz CT molecular complexity index is 950. The molecule has 3 aromatic rings. The van der Waals surface area contributed by atoms with Gasteiger partial charge in [0.05, 0.1) is 11.8 Å². The quantitative estimate of drug-likeness (QED) is 0.603. The second-order valence-corrected chi connectivity index (χ2v) is 8.19. The number of nitrogens with zero attached hydrogens (tertiary/aromatic N) is 4. The number of hydrogen-bond acceptors (Lipinski definition) is 6. The van der Waals surface area contributed by atoms with Gasteiger partial charge in [-0.05, 0) is 11.5 Å². The van der Waals surface area contributed by atoms with E-state index in [1.165, 1.54) is 18.7 Å². The van der Waals surface area contributed by atoms with Gasteiger partial charge in [0, 0.05) is 6.54 Å². The minimum atomic E-state index is -4.59. The van der Waals surface area contributed by atoms with Crippen molar-refractivity contribution in [3.63, 3.8) is 0 Å². The van der Waals surface area contributed by atoms with E-state index in [4.69, 9.17) is 10.2 Å². The molecular weight excluding hydrogens is 333 g/mol. The summed E-state index contributed by atoms with van der Waals surface area (Å²) in [7, 11) is -4.59. The molecule has 0 radical (unpaired) electrons. The van der Waals surface area contributed by atoms with E-state index < -0.39 is 13.1 Å². The molecule has 4 N–H and O–H groups in total. The molecule has 0 saturated carbocycles. The minimum absolute atomic E-state index is 0.131. The van der Waals surface area contributed by atoms with Crippen LogP contribution in [0.2, 0.25) is 0 Å². The third-order valence-corrected chi connectivity index (χ3v) is 4.22. The van der Waals surface area contributed by atoms with Crippen molar-refractivity contribution in [3.05, 3.63) is 18.7 Å². The maximum Gasteiger partial charge on any atom is 0.391 e. The standard InChI is InChI=1S/C14H18N5O4P/c1-14(2,3)6-19-11(8-4-5-23-13(8)24(20,21)22)18-9-10(15)16-7-17-12(9)19/h4-5,7H,6H2,1-3H3,(H2,15,16,17)(H2,20,21,22). The predicted molar refractivity (Wildman–Crippen MR) is 88.6 cm³/mol. The van der Waals surface area contributed by atoms with Crippen LogP contribution in [-0.2, 0) is 11.1 Å². The topological polar surface area (TPSA) is 140 Å². The molecule has 0 aliphatic rings. The van der Waals surface area contributed by atoms with Crippen LogP contribution in [0.1, 0.15) is 20.8 Å².